The van der Waals surface area contributed by atoms with Gasteiger partial charge in [-0.25, -0.2) is 18.4 Å². The number of carbonyl (C=O) groups excluding carboxylic acids is 2. The monoisotopic (exact) mass is 538 g/mol. The average Bonchev–Trinajstić information content (AvgIpc) is 3.30. The fraction of sp³-hybridized carbons (Fsp3) is 0.154. The third-order valence-corrected chi connectivity index (χ3v) is 6.21. The predicted octanol–water partition coefficient (Wildman–Crippen LogP) is 4.08. The molecule has 0 saturated carbocycles. The Labute approximate surface area is 220 Å². The molecular weight excluding hydrogens is 518 g/mol. The number of carbonyl (C=O) groups is 2. The third-order valence-electron chi connectivity index (χ3n) is 5.88. The van der Waals surface area contributed by atoms with Gasteiger partial charge in [-0.1, -0.05) is 35.9 Å². The van der Waals surface area contributed by atoms with E-state index in [2.05, 4.69) is 20.7 Å². The van der Waals surface area contributed by atoms with Crippen molar-refractivity contribution < 1.29 is 23.1 Å². The summed E-state index contributed by atoms with van der Waals surface area (Å²) in [4.78, 5) is 29.8. The Morgan fingerprint density at radius 2 is 1.82 bits per heavy atom. The molecule has 38 heavy (non-hydrogen) atoms. The van der Waals surface area contributed by atoms with Crippen LogP contribution in [0.2, 0.25) is 5.02 Å². The first-order valence-electron chi connectivity index (χ1n) is 11.5. The van der Waals surface area contributed by atoms with Crippen LogP contribution in [0.4, 0.5) is 20.4 Å². The molecule has 1 fully saturated rings. The van der Waals surface area contributed by atoms with Gasteiger partial charge in [-0.3, -0.25) is 9.59 Å². The fourth-order valence-corrected chi connectivity index (χ4v) is 3.99. The topological polar surface area (TPSA) is 124 Å². The number of rotatable bonds is 7. The lowest BCUT2D eigenvalue weighted by molar-refractivity contribution is -0.0299. The number of para-hydroxylation sites is 1. The van der Waals surface area contributed by atoms with Crippen LogP contribution in [0, 0.1) is 17.6 Å². The summed E-state index contributed by atoms with van der Waals surface area (Å²) in [5, 5.41) is 10.00. The van der Waals surface area contributed by atoms with Gasteiger partial charge in [-0.05, 0) is 24.3 Å². The van der Waals surface area contributed by atoms with E-state index in [-0.39, 0.29) is 39.3 Å². The van der Waals surface area contributed by atoms with E-state index in [0.717, 1.165) is 0 Å². The van der Waals surface area contributed by atoms with Crippen molar-refractivity contribution in [3.63, 3.8) is 0 Å². The second-order valence-electron chi connectivity index (χ2n) is 8.61. The van der Waals surface area contributed by atoms with Crippen molar-refractivity contribution in [1.29, 1.82) is 0 Å². The quantitative estimate of drug-likeness (QED) is 0.326. The number of hydrogen-bond donors (Lipinski definition) is 3. The normalized spacial score (nSPS) is 13.1. The first-order valence-corrected chi connectivity index (χ1v) is 11.9. The summed E-state index contributed by atoms with van der Waals surface area (Å²) < 4.78 is 34.5. The van der Waals surface area contributed by atoms with Crippen LogP contribution in [0.25, 0.3) is 16.9 Å². The van der Waals surface area contributed by atoms with Gasteiger partial charge in [0.15, 0.2) is 23.1 Å². The summed E-state index contributed by atoms with van der Waals surface area (Å²) in [5.41, 5.74) is 6.11. The van der Waals surface area contributed by atoms with Gasteiger partial charge in [0.25, 0.3) is 11.8 Å². The molecule has 1 aliphatic heterocycles. The Bertz CT molecular complexity index is 1530. The maximum absolute atomic E-state index is 14.4. The summed E-state index contributed by atoms with van der Waals surface area (Å²) >= 11 is 6.29. The summed E-state index contributed by atoms with van der Waals surface area (Å²) in [7, 11) is 0. The molecule has 2 aromatic carbocycles. The first-order chi connectivity index (χ1) is 18.3. The Hall–Kier alpha value is -4.35. The molecule has 2 aromatic heterocycles. The summed E-state index contributed by atoms with van der Waals surface area (Å²) in [6.45, 7) is 1.62. The molecule has 4 aromatic rings. The standard InChI is InChI=1S/C26H21ClF2N6O3/c27-18-7-6-15(23-19(28)9-20(29)24(30)33-23)8-17(18)25(36)32-22-10-21(26(37)31-11-14-12-38-13-14)34-35(22)16-4-2-1-3-5-16/h1-10,14H,11-13H2,(H2,30,33)(H,31,37)(H,32,36). The van der Waals surface area contributed by atoms with Gasteiger partial charge in [-0.15, -0.1) is 0 Å². The number of amides is 2. The van der Waals surface area contributed by atoms with Crippen LogP contribution in [0.3, 0.4) is 0 Å². The molecule has 1 saturated heterocycles. The van der Waals surface area contributed by atoms with Crippen LogP contribution in [-0.4, -0.2) is 46.3 Å². The highest BCUT2D eigenvalue weighted by molar-refractivity contribution is 6.34. The van der Waals surface area contributed by atoms with E-state index >= 15 is 0 Å². The average molecular weight is 539 g/mol. The number of nitrogens with one attached hydrogen (secondary N) is 2. The van der Waals surface area contributed by atoms with Gasteiger partial charge in [0.1, 0.15) is 11.5 Å². The minimum absolute atomic E-state index is 0.00920. The highest BCUT2D eigenvalue weighted by atomic mass is 35.5. The van der Waals surface area contributed by atoms with E-state index in [1.54, 1.807) is 24.3 Å². The number of pyridine rings is 1. The lowest BCUT2D eigenvalue weighted by Gasteiger charge is -2.25. The maximum Gasteiger partial charge on any atom is 0.271 e. The largest absolute Gasteiger partial charge is 0.381 e. The Morgan fingerprint density at radius 3 is 2.53 bits per heavy atom. The van der Waals surface area contributed by atoms with Crippen LogP contribution in [0.15, 0.2) is 60.7 Å². The summed E-state index contributed by atoms with van der Waals surface area (Å²) in [6.07, 6.45) is 0. The molecule has 12 heteroatoms. The second kappa shape index (κ2) is 10.6. The lowest BCUT2D eigenvalue weighted by atomic mass is 10.1. The van der Waals surface area contributed by atoms with Crippen molar-refractivity contribution >= 4 is 35.1 Å². The van der Waals surface area contributed by atoms with Gasteiger partial charge in [0, 0.05) is 30.2 Å². The highest BCUT2D eigenvalue weighted by Gasteiger charge is 2.23. The number of nitrogens with two attached hydrogens (primary N) is 1. The van der Waals surface area contributed by atoms with E-state index in [4.69, 9.17) is 22.1 Å². The molecule has 0 aliphatic carbocycles. The molecule has 0 radical (unpaired) electrons. The molecule has 4 N–H and O–H groups in total. The van der Waals surface area contributed by atoms with Gasteiger partial charge in [0.2, 0.25) is 0 Å². The first kappa shape index (κ1) is 25.3. The molecule has 9 nitrogen and oxygen atoms in total. The van der Waals surface area contributed by atoms with Crippen molar-refractivity contribution in [3.05, 3.63) is 88.6 Å². The van der Waals surface area contributed by atoms with E-state index in [9.17, 15) is 18.4 Å². The molecule has 194 valence electrons. The molecule has 0 bridgehead atoms. The van der Waals surface area contributed by atoms with Crippen LogP contribution in [0.5, 0.6) is 0 Å². The number of ether oxygens (including phenoxy) is 1. The van der Waals surface area contributed by atoms with Crippen molar-refractivity contribution in [2.45, 2.75) is 0 Å². The molecular formula is C26H21ClF2N6O3. The number of nitrogen functional groups attached to an aromatic ring is 1. The number of nitrogens with zero attached hydrogens (tertiary/aromatic N) is 3. The highest BCUT2D eigenvalue weighted by Crippen LogP contribution is 2.28. The molecule has 2 amide bonds. The van der Waals surface area contributed by atoms with E-state index in [1.165, 1.54) is 28.9 Å². The van der Waals surface area contributed by atoms with Crippen molar-refractivity contribution in [1.82, 2.24) is 20.1 Å². The minimum atomic E-state index is -0.992. The summed E-state index contributed by atoms with van der Waals surface area (Å²) in [5.74, 6) is -3.02. The number of anilines is 2. The number of benzene rings is 2. The zero-order valence-electron chi connectivity index (χ0n) is 19.7. The number of hydrogen-bond acceptors (Lipinski definition) is 6. The fourth-order valence-electron chi connectivity index (χ4n) is 3.79. The zero-order valence-corrected chi connectivity index (χ0v) is 20.5. The van der Waals surface area contributed by atoms with Gasteiger partial charge >= 0.3 is 0 Å². The van der Waals surface area contributed by atoms with Gasteiger partial charge < -0.3 is 21.1 Å². The Kier molecular flexibility index (Phi) is 7.03. The number of aromatic nitrogens is 3. The van der Waals surface area contributed by atoms with Crippen molar-refractivity contribution in [2.24, 2.45) is 5.92 Å². The SMILES string of the molecule is Nc1nc(-c2ccc(Cl)c(C(=O)Nc3cc(C(=O)NCC4COC4)nn3-c3ccccc3)c2)c(F)cc1F. The number of halogens is 3. The lowest BCUT2D eigenvalue weighted by Crippen LogP contribution is -2.39. The van der Waals surface area contributed by atoms with Crippen molar-refractivity contribution in [3.8, 4) is 16.9 Å². The minimum Gasteiger partial charge on any atom is -0.381 e. The second-order valence-corrected chi connectivity index (χ2v) is 9.02. The van der Waals surface area contributed by atoms with Crippen LogP contribution >= 0.6 is 11.6 Å². The molecule has 1 aliphatic rings. The van der Waals surface area contributed by atoms with Crippen LogP contribution in [-0.2, 0) is 4.74 Å². The Morgan fingerprint density at radius 1 is 1.05 bits per heavy atom. The van der Waals surface area contributed by atoms with Crippen LogP contribution in [0.1, 0.15) is 20.8 Å². The van der Waals surface area contributed by atoms with Gasteiger partial charge in [0.05, 0.1) is 29.5 Å². The zero-order chi connectivity index (χ0) is 26.8. The maximum atomic E-state index is 14.4. The predicted molar refractivity (Wildman–Crippen MR) is 137 cm³/mol. The molecule has 5 rings (SSSR count). The molecule has 3 heterocycles. The molecule has 0 unspecified atom stereocenters. The smallest absolute Gasteiger partial charge is 0.271 e. The van der Waals surface area contributed by atoms with E-state index < -0.39 is 29.3 Å². The third kappa shape index (κ3) is 5.20. The van der Waals surface area contributed by atoms with Crippen LogP contribution < -0.4 is 16.4 Å². The Balaban J connectivity index is 1.45. The van der Waals surface area contributed by atoms with Crippen molar-refractivity contribution in [2.75, 3.05) is 30.8 Å². The molecule has 0 atom stereocenters. The molecule has 0 spiro atoms. The summed E-state index contributed by atoms with van der Waals surface area (Å²) in [6, 6.07) is 15.1. The van der Waals surface area contributed by atoms with E-state index in [0.29, 0.717) is 31.5 Å². The van der Waals surface area contributed by atoms with Gasteiger partial charge in [-0.2, -0.15) is 5.10 Å². The van der Waals surface area contributed by atoms with E-state index in [1.807, 2.05) is 6.07 Å².